The van der Waals surface area contributed by atoms with Gasteiger partial charge in [0.15, 0.2) is 18.1 Å². The highest BCUT2D eigenvalue weighted by Crippen LogP contribution is 2.68. The van der Waals surface area contributed by atoms with Gasteiger partial charge in [0.25, 0.3) is 5.91 Å². The molecule has 2 saturated carbocycles. The lowest BCUT2D eigenvalue weighted by atomic mass is 9.68. The van der Waals surface area contributed by atoms with Crippen molar-refractivity contribution >= 4 is 52.5 Å². The Hall–Kier alpha value is -4.31. The fourth-order valence-corrected chi connectivity index (χ4v) is 11.6. The molecule has 11 nitrogen and oxygen atoms in total. The number of ether oxygens (including phenoxy) is 2. The number of hydrogen-bond acceptors (Lipinski definition) is 9. The van der Waals surface area contributed by atoms with Crippen molar-refractivity contribution in [1.29, 1.82) is 0 Å². The van der Waals surface area contributed by atoms with E-state index < -0.39 is 42.1 Å². The molecule has 3 fully saturated rings. The van der Waals surface area contributed by atoms with Crippen molar-refractivity contribution in [1.82, 2.24) is 9.88 Å². The molecule has 7 atom stereocenters. The van der Waals surface area contributed by atoms with Crippen LogP contribution in [0.2, 0.25) is 0 Å². The Kier molecular flexibility index (Phi) is 9.89. The SMILES string of the molecule is CCOc1cc([C@H]2c3sc(=O)[nH]c3SC3C4CC(C5C(=O)N(CCCCCC(=O)O)C(=O)C45)C32)ccc1OCC(=O)Nc1ccccc1C(F)(F)F. The summed E-state index contributed by atoms with van der Waals surface area (Å²) in [6, 6.07) is 9.90. The summed E-state index contributed by atoms with van der Waals surface area (Å²) in [6.45, 7) is 1.70. The van der Waals surface area contributed by atoms with Gasteiger partial charge in [-0.05, 0) is 73.8 Å². The fourth-order valence-electron chi connectivity index (χ4n) is 8.67. The van der Waals surface area contributed by atoms with Crippen molar-refractivity contribution in [2.24, 2.45) is 29.6 Å². The zero-order valence-electron chi connectivity index (χ0n) is 27.9. The number of carbonyl (C=O) groups is 4. The number of aromatic nitrogens is 1. The number of likely N-dealkylation sites (tertiary alicyclic amines) is 1. The predicted octanol–water partition coefficient (Wildman–Crippen LogP) is 5.99. The van der Waals surface area contributed by atoms with E-state index >= 15 is 0 Å². The lowest BCUT2D eigenvalue weighted by Crippen LogP contribution is -2.42. The van der Waals surface area contributed by atoms with Gasteiger partial charge in [-0.2, -0.15) is 13.2 Å². The standard InChI is InChI=1S/C36H36F3N3O8S2/c1-2-49-23-14-17(11-12-22(23)50-16-24(43)40-21-9-6-5-8-20(21)36(37,38)39)26-27-18-15-19(30(27)51-32-31(26)52-35(48)41-32)29-28(18)33(46)42(34(29)47)13-7-3-4-10-25(44)45/h5-6,8-9,11-12,14,18-19,26-30H,2-4,7,10,13,15-16H2,1H3,(H,40,43)(H,41,48)(H,44,45)/t18?,19?,26-,27?,28?,29?,30?/m1/s1. The molecule has 3 amide bonds. The summed E-state index contributed by atoms with van der Waals surface area (Å²) in [7, 11) is 0. The number of imide groups is 1. The van der Waals surface area contributed by atoms with Crippen LogP contribution in [-0.2, 0) is 25.4 Å². The molecule has 2 aliphatic carbocycles. The van der Waals surface area contributed by atoms with Gasteiger partial charge in [-0.3, -0.25) is 28.9 Å². The minimum Gasteiger partial charge on any atom is -0.490 e. The van der Waals surface area contributed by atoms with E-state index in [1.54, 1.807) is 30.8 Å². The normalized spacial score (nSPS) is 25.8. The second-order valence-electron chi connectivity index (χ2n) is 13.5. The molecule has 2 aliphatic heterocycles. The van der Waals surface area contributed by atoms with E-state index in [4.69, 9.17) is 14.6 Å². The number of amides is 3. The number of rotatable bonds is 13. The number of thiazole rings is 1. The first-order valence-electron chi connectivity index (χ1n) is 17.2. The number of alkyl halides is 3. The van der Waals surface area contributed by atoms with Crippen LogP contribution in [0.5, 0.6) is 11.5 Å². The lowest BCUT2D eigenvalue weighted by Gasteiger charge is -2.43. The third-order valence-electron chi connectivity index (χ3n) is 10.6. The number of halogens is 3. The van der Waals surface area contributed by atoms with Crippen molar-refractivity contribution in [2.75, 3.05) is 25.1 Å². The number of thioether (sulfide) groups is 1. The zero-order chi connectivity index (χ0) is 36.9. The maximum absolute atomic E-state index is 13.8. The number of carbonyl (C=O) groups excluding carboxylic acids is 3. The second kappa shape index (κ2) is 14.3. The summed E-state index contributed by atoms with van der Waals surface area (Å²) in [5, 5.41) is 11.9. The number of H-pyrrole nitrogens is 1. The lowest BCUT2D eigenvalue weighted by molar-refractivity contribution is -0.141. The summed E-state index contributed by atoms with van der Waals surface area (Å²) in [5.41, 5.74) is -0.555. The minimum absolute atomic E-state index is 0.0315. The topological polar surface area (TPSA) is 155 Å². The van der Waals surface area contributed by atoms with Gasteiger partial charge in [-0.1, -0.05) is 36.0 Å². The van der Waals surface area contributed by atoms with Crippen LogP contribution in [-0.4, -0.2) is 63.7 Å². The molecule has 3 N–H and O–H groups in total. The number of anilines is 1. The van der Waals surface area contributed by atoms with Crippen molar-refractivity contribution in [3.63, 3.8) is 0 Å². The van der Waals surface area contributed by atoms with Crippen molar-refractivity contribution < 1.29 is 46.9 Å². The maximum atomic E-state index is 13.8. The van der Waals surface area contributed by atoms with E-state index in [0.717, 1.165) is 38.9 Å². The quantitative estimate of drug-likeness (QED) is 0.141. The Morgan fingerprint density at radius 2 is 1.75 bits per heavy atom. The van der Waals surface area contributed by atoms with Gasteiger partial charge >= 0.3 is 17.0 Å². The largest absolute Gasteiger partial charge is 0.490 e. The van der Waals surface area contributed by atoms with Gasteiger partial charge in [-0.15, -0.1) is 11.8 Å². The molecule has 4 aliphatic rings. The molecule has 6 unspecified atom stereocenters. The van der Waals surface area contributed by atoms with Crippen molar-refractivity contribution in [3.05, 3.63) is 68.1 Å². The number of aromatic amines is 1. The number of hydrogen-bond donors (Lipinski definition) is 3. The monoisotopic (exact) mass is 759 g/mol. The minimum atomic E-state index is -4.66. The number of fused-ring (bicyclic) bond motifs is 9. The van der Waals surface area contributed by atoms with E-state index in [0.29, 0.717) is 31.4 Å². The Morgan fingerprint density at radius 1 is 1.00 bits per heavy atom. The average molecular weight is 760 g/mol. The van der Waals surface area contributed by atoms with Crippen LogP contribution in [0, 0.1) is 29.6 Å². The summed E-state index contributed by atoms with van der Waals surface area (Å²) < 4.78 is 52.0. The van der Waals surface area contributed by atoms with Gasteiger partial charge in [0.1, 0.15) is 0 Å². The molecule has 1 aromatic heterocycles. The summed E-state index contributed by atoms with van der Waals surface area (Å²) in [6.07, 6.45) is -2.29. The fraction of sp³-hybridized carbons (Fsp3) is 0.472. The average Bonchev–Trinajstić information content (AvgIpc) is 3.83. The van der Waals surface area contributed by atoms with E-state index in [-0.39, 0.29) is 76.6 Å². The summed E-state index contributed by atoms with van der Waals surface area (Å²) in [5.74, 6) is -2.92. The smallest absolute Gasteiger partial charge is 0.418 e. The Bertz CT molecular complexity index is 1960. The molecule has 3 heterocycles. The second-order valence-corrected chi connectivity index (χ2v) is 15.7. The molecule has 7 rings (SSSR count). The van der Waals surface area contributed by atoms with Crippen LogP contribution in [0.1, 0.15) is 60.9 Å². The molecule has 0 radical (unpaired) electrons. The van der Waals surface area contributed by atoms with Gasteiger partial charge in [0.2, 0.25) is 11.8 Å². The van der Waals surface area contributed by atoms with Crippen LogP contribution >= 0.6 is 23.1 Å². The number of benzene rings is 2. The van der Waals surface area contributed by atoms with Gasteiger partial charge in [-0.25, -0.2) is 0 Å². The number of aliphatic carboxylic acids is 1. The third-order valence-corrected chi connectivity index (χ3v) is 13.2. The highest BCUT2D eigenvalue weighted by Gasteiger charge is 2.69. The van der Waals surface area contributed by atoms with E-state index in [2.05, 4.69) is 10.3 Å². The van der Waals surface area contributed by atoms with E-state index in [1.807, 2.05) is 6.07 Å². The summed E-state index contributed by atoms with van der Waals surface area (Å²) >= 11 is 2.68. The number of carboxylic acid groups (broad SMARTS) is 1. The first kappa shape index (κ1) is 36.1. The molecular weight excluding hydrogens is 724 g/mol. The van der Waals surface area contributed by atoms with Gasteiger partial charge in [0, 0.05) is 29.0 Å². The highest BCUT2D eigenvalue weighted by atomic mass is 32.2. The molecular formula is C36H36F3N3O8S2. The van der Waals surface area contributed by atoms with Crippen molar-refractivity contribution in [2.45, 2.75) is 61.4 Å². The number of unbranched alkanes of at least 4 members (excludes halogenated alkanes) is 2. The number of nitrogens with zero attached hydrogens (tertiary/aromatic N) is 1. The third kappa shape index (κ3) is 6.59. The Morgan fingerprint density at radius 3 is 2.48 bits per heavy atom. The van der Waals surface area contributed by atoms with Crippen LogP contribution in [0.25, 0.3) is 0 Å². The van der Waals surface area contributed by atoms with E-state index in [1.165, 1.54) is 17.0 Å². The molecule has 2 bridgehead atoms. The Labute approximate surface area is 304 Å². The maximum Gasteiger partial charge on any atom is 0.418 e. The summed E-state index contributed by atoms with van der Waals surface area (Å²) in [4.78, 5) is 68.8. The van der Waals surface area contributed by atoms with Crippen LogP contribution in [0.4, 0.5) is 18.9 Å². The first-order chi connectivity index (χ1) is 24.9. The highest BCUT2D eigenvalue weighted by molar-refractivity contribution is 8.00. The number of nitrogens with one attached hydrogen (secondary N) is 2. The molecule has 2 aromatic carbocycles. The molecule has 3 aromatic rings. The zero-order valence-corrected chi connectivity index (χ0v) is 29.6. The van der Waals surface area contributed by atoms with Crippen LogP contribution in [0.15, 0.2) is 52.3 Å². The molecule has 52 heavy (non-hydrogen) atoms. The predicted molar refractivity (Wildman–Crippen MR) is 184 cm³/mol. The molecule has 276 valence electrons. The first-order valence-corrected chi connectivity index (χ1v) is 18.9. The molecule has 0 spiro atoms. The number of carboxylic acids is 1. The molecule has 1 saturated heterocycles. The van der Waals surface area contributed by atoms with E-state index in [9.17, 15) is 37.1 Å². The van der Waals surface area contributed by atoms with Gasteiger partial charge < -0.3 is 24.9 Å². The number of para-hydroxylation sites is 1. The Balaban J connectivity index is 1.12. The van der Waals surface area contributed by atoms with Crippen molar-refractivity contribution in [3.8, 4) is 11.5 Å². The molecule has 16 heteroatoms. The van der Waals surface area contributed by atoms with Crippen LogP contribution in [0.3, 0.4) is 0 Å². The van der Waals surface area contributed by atoms with Gasteiger partial charge in [0.05, 0.1) is 34.7 Å². The van der Waals surface area contributed by atoms with Crippen LogP contribution < -0.4 is 19.7 Å².